The first-order valence-electron chi connectivity index (χ1n) is 7.82. The zero-order valence-corrected chi connectivity index (χ0v) is 11.8. The fourth-order valence-corrected chi connectivity index (χ4v) is 3.85. The minimum Gasteiger partial charge on any atom is -0.313 e. The van der Waals surface area contributed by atoms with Crippen LogP contribution in [0.4, 0.5) is 0 Å². The largest absolute Gasteiger partial charge is 0.313 e. The summed E-state index contributed by atoms with van der Waals surface area (Å²) in [5.74, 6) is 0.975. The first-order chi connectivity index (χ1) is 8.35. The van der Waals surface area contributed by atoms with Gasteiger partial charge in [-0.05, 0) is 51.1 Å². The van der Waals surface area contributed by atoms with Crippen LogP contribution >= 0.6 is 0 Å². The van der Waals surface area contributed by atoms with Gasteiger partial charge in [0.2, 0.25) is 0 Å². The van der Waals surface area contributed by atoms with E-state index in [1.165, 1.54) is 64.6 Å². The van der Waals surface area contributed by atoms with Crippen molar-refractivity contribution in [3.8, 4) is 0 Å². The molecule has 0 bridgehead atoms. The topological polar surface area (TPSA) is 15.3 Å². The quantitative estimate of drug-likeness (QED) is 0.765. The predicted molar refractivity (Wildman–Crippen MR) is 74.3 cm³/mol. The van der Waals surface area contributed by atoms with Crippen LogP contribution in [0, 0.1) is 5.92 Å². The van der Waals surface area contributed by atoms with Crippen LogP contribution in [0.1, 0.15) is 58.8 Å². The fourth-order valence-electron chi connectivity index (χ4n) is 3.85. The van der Waals surface area contributed by atoms with E-state index in [0.29, 0.717) is 0 Å². The molecule has 2 rings (SSSR count). The van der Waals surface area contributed by atoms with Gasteiger partial charge >= 0.3 is 0 Å². The van der Waals surface area contributed by atoms with Gasteiger partial charge in [-0.1, -0.05) is 26.7 Å². The van der Waals surface area contributed by atoms with Crippen molar-refractivity contribution in [2.45, 2.75) is 70.9 Å². The van der Waals surface area contributed by atoms with Crippen LogP contribution < -0.4 is 5.32 Å². The van der Waals surface area contributed by atoms with Crippen molar-refractivity contribution < 1.29 is 0 Å². The summed E-state index contributed by atoms with van der Waals surface area (Å²) >= 11 is 0. The molecule has 0 amide bonds. The van der Waals surface area contributed by atoms with E-state index < -0.39 is 0 Å². The summed E-state index contributed by atoms with van der Waals surface area (Å²) in [6.07, 6.45) is 9.84. The van der Waals surface area contributed by atoms with Gasteiger partial charge < -0.3 is 5.32 Å². The molecule has 1 saturated heterocycles. The molecule has 1 heterocycles. The molecule has 2 fully saturated rings. The molecule has 1 N–H and O–H groups in total. The Morgan fingerprint density at radius 2 is 2.00 bits per heavy atom. The third-order valence-corrected chi connectivity index (χ3v) is 4.74. The van der Waals surface area contributed by atoms with Crippen LogP contribution in [0.25, 0.3) is 0 Å². The normalized spacial score (nSPS) is 33.7. The Bertz CT molecular complexity index is 211. The lowest BCUT2D eigenvalue weighted by Crippen LogP contribution is -2.45. The molecule has 0 aromatic carbocycles. The van der Waals surface area contributed by atoms with Crippen molar-refractivity contribution in [3.05, 3.63) is 0 Å². The van der Waals surface area contributed by atoms with Gasteiger partial charge in [0, 0.05) is 18.6 Å². The number of nitrogens with one attached hydrogen (secondary N) is 1. The average Bonchev–Trinajstić information content (AvgIpc) is 2.98. The molecule has 1 aliphatic carbocycles. The molecule has 0 aromatic heterocycles. The summed E-state index contributed by atoms with van der Waals surface area (Å²) in [6.45, 7) is 8.55. The molecule has 2 aliphatic rings. The van der Waals surface area contributed by atoms with Crippen molar-refractivity contribution >= 4 is 0 Å². The molecule has 17 heavy (non-hydrogen) atoms. The van der Waals surface area contributed by atoms with Gasteiger partial charge in [-0.15, -0.1) is 0 Å². The Balaban J connectivity index is 1.90. The monoisotopic (exact) mass is 238 g/mol. The van der Waals surface area contributed by atoms with Crippen LogP contribution in [-0.2, 0) is 0 Å². The summed E-state index contributed by atoms with van der Waals surface area (Å²) in [6, 6.07) is 1.67. The van der Waals surface area contributed by atoms with Crippen LogP contribution in [0.5, 0.6) is 0 Å². The molecule has 1 aliphatic heterocycles. The first-order valence-corrected chi connectivity index (χ1v) is 7.82. The van der Waals surface area contributed by atoms with Gasteiger partial charge in [0.25, 0.3) is 0 Å². The lowest BCUT2D eigenvalue weighted by molar-refractivity contribution is 0.144. The Morgan fingerprint density at radius 1 is 1.12 bits per heavy atom. The van der Waals surface area contributed by atoms with E-state index in [9.17, 15) is 0 Å². The Morgan fingerprint density at radius 3 is 2.65 bits per heavy atom. The average molecular weight is 238 g/mol. The van der Waals surface area contributed by atoms with Crippen molar-refractivity contribution in [2.24, 2.45) is 5.92 Å². The number of nitrogens with zero attached hydrogens (tertiary/aromatic N) is 1. The van der Waals surface area contributed by atoms with Gasteiger partial charge in [-0.3, -0.25) is 4.90 Å². The van der Waals surface area contributed by atoms with E-state index >= 15 is 0 Å². The highest BCUT2D eigenvalue weighted by molar-refractivity contribution is 4.88. The first kappa shape index (κ1) is 13.4. The highest BCUT2D eigenvalue weighted by Crippen LogP contribution is 2.32. The summed E-state index contributed by atoms with van der Waals surface area (Å²) < 4.78 is 0. The molecular weight excluding hydrogens is 208 g/mol. The molecule has 100 valence electrons. The smallest absolute Gasteiger partial charge is 0.0195 e. The zero-order chi connectivity index (χ0) is 12.1. The Hall–Kier alpha value is -0.0800. The number of rotatable bonds is 6. The molecule has 0 aromatic rings. The van der Waals surface area contributed by atoms with Crippen molar-refractivity contribution in [1.82, 2.24) is 10.2 Å². The Labute approximate surface area is 107 Å². The predicted octanol–water partition coefficient (Wildman–Crippen LogP) is 3.03. The van der Waals surface area contributed by atoms with Gasteiger partial charge in [-0.2, -0.15) is 0 Å². The number of hydrogen-bond donors (Lipinski definition) is 1. The van der Waals surface area contributed by atoms with E-state index in [1.807, 2.05) is 0 Å². The van der Waals surface area contributed by atoms with Gasteiger partial charge in [0.15, 0.2) is 0 Å². The second kappa shape index (κ2) is 6.75. The standard InChI is InChI=1S/C15H30N2/c1-3-11-17(12-14-8-6-10-16-14)15-9-5-7-13(15)4-2/h13-16H,3-12H2,1-2H3. The summed E-state index contributed by atoms with van der Waals surface area (Å²) in [4.78, 5) is 2.81. The molecule has 2 nitrogen and oxygen atoms in total. The summed E-state index contributed by atoms with van der Waals surface area (Å²) in [5, 5.41) is 3.66. The molecule has 3 atom stereocenters. The highest BCUT2D eigenvalue weighted by Gasteiger charge is 2.31. The second-order valence-corrected chi connectivity index (χ2v) is 5.95. The van der Waals surface area contributed by atoms with Crippen molar-refractivity contribution in [2.75, 3.05) is 19.6 Å². The molecule has 0 spiro atoms. The third kappa shape index (κ3) is 3.45. The lowest BCUT2D eigenvalue weighted by Gasteiger charge is -2.34. The van der Waals surface area contributed by atoms with E-state index in [4.69, 9.17) is 0 Å². The highest BCUT2D eigenvalue weighted by atomic mass is 15.2. The van der Waals surface area contributed by atoms with Gasteiger partial charge in [-0.25, -0.2) is 0 Å². The number of hydrogen-bond acceptors (Lipinski definition) is 2. The van der Waals surface area contributed by atoms with E-state index in [-0.39, 0.29) is 0 Å². The maximum atomic E-state index is 3.66. The van der Waals surface area contributed by atoms with E-state index in [2.05, 4.69) is 24.1 Å². The maximum Gasteiger partial charge on any atom is 0.0195 e. The van der Waals surface area contributed by atoms with Crippen LogP contribution in [0.2, 0.25) is 0 Å². The maximum absolute atomic E-state index is 3.66. The lowest BCUT2D eigenvalue weighted by atomic mass is 9.98. The molecule has 2 heteroatoms. The van der Waals surface area contributed by atoms with E-state index in [1.54, 1.807) is 0 Å². The SMILES string of the molecule is CCCN(CC1CCCN1)C1CCCC1CC. The minimum absolute atomic E-state index is 0.777. The van der Waals surface area contributed by atoms with Crippen LogP contribution in [0.15, 0.2) is 0 Å². The molecule has 3 unspecified atom stereocenters. The minimum atomic E-state index is 0.777. The van der Waals surface area contributed by atoms with Gasteiger partial charge in [0.05, 0.1) is 0 Å². The molecule has 1 saturated carbocycles. The van der Waals surface area contributed by atoms with Crippen molar-refractivity contribution in [1.29, 1.82) is 0 Å². The zero-order valence-electron chi connectivity index (χ0n) is 11.8. The summed E-state index contributed by atoms with van der Waals surface area (Å²) in [5.41, 5.74) is 0. The van der Waals surface area contributed by atoms with Crippen molar-refractivity contribution in [3.63, 3.8) is 0 Å². The second-order valence-electron chi connectivity index (χ2n) is 5.95. The van der Waals surface area contributed by atoms with Crippen LogP contribution in [-0.4, -0.2) is 36.6 Å². The van der Waals surface area contributed by atoms with Gasteiger partial charge in [0.1, 0.15) is 0 Å². The van der Waals surface area contributed by atoms with Crippen LogP contribution in [0.3, 0.4) is 0 Å². The molecular formula is C15H30N2. The summed E-state index contributed by atoms with van der Waals surface area (Å²) in [7, 11) is 0. The fraction of sp³-hybridized carbons (Fsp3) is 1.00. The molecule has 0 radical (unpaired) electrons. The third-order valence-electron chi connectivity index (χ3n) is 4.74. The van der Waals surface area contributed by atoms with E-state index in [0.717, 1.165) is 18.0 Å². The Kier molecular flexibility index (Phi) is 5.30.